The highest BCUT2D eigenvalue weighted by molar-refractivity contribution is 5.95. The molecule has 5 nitrogen and oxygen atoms in total. The van der Waals surface area contributed by atoms with Gasteiger partial charge in [0.05, 0.1) is 17.6 Å². The quantitative estimate of drug-likeness (QED) is 0.727. The molecule has 90 valence electrons. The predicted molar refractivity (Wildman–Crippen MR) is 72.8 cm³/mol. The summed E-state index contributed by atoms with van der Waals surface area (Å²) in [5.74, 6) is 0.871. The lowest BCUT2D eigenvalue weighted by Crippen LogP contribution is -2.17. The molecule has 4 rings (SSSR count). The number of nitrogens with zero attached hydrogens (tertiary/aromatic N) is 5. The van der Waals surface area contributed by atoms with Crippen LogP contribution in [-0.4, -0.2) is 27.6 Å². The average molecular weight is 260 g/mol. The first kappa shape index (κ1) is 11.0. The maximum absolute atomic E-state index is 4.32. The van der Waals surface area contributed by atoms with Gasteiger partial charge in [-0.1, -0.05) is 12.1 Å². The van der Waals surface area contributed by atoms with Crippen molar-refractivity contribution in [1.82, 2.24) is 14.8 Å². The molecule has 0 N–H and O–H groups in total. The smallest absolute Gasteiger partial charge is 0.164 e. The Bertz CT molecular complexity index is 658. The molecule has 1 aromatic carbocycles. The molecule has 3 heterocycles. The van der Waals surface area contributed by atoms with Crippen molar-refractivity contribution < 1.29 is 0 Å². The van der Waals surface area contributed by atoms with Gasteiger partial charge in [0.15, 0.2) is 5.82 Å². The molecule has 0 bridgehead atoms. The van der Waals surface area contributed by atoms with Crippen LogP contribution in [0, 0.1) is 0 Å². The van der Waals surface area contributed by atoms with Gasteiger partial charge in [-0.05, 0) is 12.1 Å². The normalized spacial score (nSPS) is 15.1. The zero-order valence-corrected chi connectivity index (χ0v) is 10.2. The van der Waals surface area contributed by atoms with Crippen molar-refractivity contribution in [3.63, 3.8) is 0 Å². The maximum atomic E-state index is 4.32. The van der Waals surface area contributed by atoms with Gasteiger partial charge < -0.3 is 4.90 Å². The fraction of sp³-hybridized carbons (Fsp3) is 0.0833. The summed E-state index contributed by atoms with van der Waals surface area (Å²) in [6, 6.07) is 8.19. The first-order valence-electron chi connectivity index (χ1n) is 5.41. The first-order valence-corrected chi connectivity index (χ1v) is 5.41. The molecule has 2 aliphatic heterocycles. The monoisotopic (exact) mass is 259 g/mol. The number of aliphatic imine (C=N–C) groups is 1. The number of benzene rings is 1. The van der Waals surface area contributed by atoms with Crippen LogP contribution in [0.1, 0.15) is 0 Å². The van der Waals surface area contributed by atoms with Crippen molar-refractivity contribution >= 4 is 30.5 Å². The third-order valence-electron chi connectivity index (χ3n) is 3.02. The molecule has 0 unspecified atom stereocenters. The average Bonchev–Trinajstić information content (AvgIpc) is 2.97. The largest absolute Gasteiger partial charge is 0.318 e. The molecule has 0 fully saturated rings. The van der Waals surface area contributed by atoms with Crippen molar-refractivity contribution in [3.05, 3.63) is 36.3 Å². The van der Waals surface area contributed by atoms with Crippen molar-refractivity contribution in [2.75, 3.05) is 11.6 Å². The van der Waals surface area contributed by atoms with E-state index in [1.807, 2.05) is 24.5 Å². The van der Waals surface area contributed by atoms with E-state index < -0.39 is 0 Å². The van der Waals surface area contributed by atoms with Gasteiger partial charge in [0.1, 0.15) is 13.0 Å². The maximum Gasteiger partial charge on any atom is 0.164 e. The van der Waals surface area contributed by atoms with Crippen molar-refractivity contribution in [2.45, 2.75) is 0 Å². The highest BCUT2D eigenvalue weighted by Crippen LogP contribution is 2.35. The van der Waals surface area contributed by atoms with Crippen LogP contribution in [0.15, 0.2) is 41.3 Å². The van der Waals surface area contributed by atoms with Crippen molar-refractivity contribution in [1.29, 1.82) is 0 Å². The van der Waals surface area contributed by atoms with Crippen LogP contribution in [0.25, 0.3) is 17.6 Å². The van der Waals surface area contributed by atoms with E-state index in [9.17, 15) is 0 Å². The Kier molecular flexibility index (Phi) is 2.41. The second kappa shape index (κ2) is 3.96. The molecule has 0 aliphatic carbocycles. The number of aromatic nitrogens is 3. The molecule has 0 amide bonds. The SMILES string of the molecule is C1=NCN2C1=Cn1ncnc1-c1ccccc12.Cl. The second-order valence-electron chi connectivity index (χ2n) is 3.98. The van der Waals surface area contributed by atoms with E-state index in [1.165, 1.54) is 0 Å². The summed E-state index contributed by atoms with van der Waals surface area (Å²) < 4.78 is 1.80. The molecule has 2 aromatic rings. The lowest BCUT2D eigenvalue weighted by molar-refractivity contribution is 0.938. The van der Waals surface area contributed by atoms with Gasteiger partial charge >= 0.3 is 0 Å². The van der Waals surface area contributed by atoms with Crippen LogP contribution in [0.5, 0.6) is 0 Å². The Morgan fingerprint density at radius 3 is 3.00 bits per heavy atom. The summed E-state index contributed by atoms with van der Waals surface area (Å²) in [4.78, 5) is 10.8. The summed E-state index contributed by atoms with van der Waals surface area (Å²) >= 11 is 0. The molecular weight excluding hydrogens is 250 g/mol. The minimum absolute atomic E-state index is 0. The van der Waals surface area contributed by atoms with E-state index in [4.69, 9.17) is 0 Å². The molecule has 1 aromatic heterocycles. The summed E-state index contributed by atoms with van der Waals surface area (Å²) in [7, 11) is 0. The van der Waals surface area contributed by atoms with Crippen LogP contribution < -0.4 is 4.90 Å². The van der Waals surface area contributed by atoms with Crippen LogP contribution in [0.2, 0.25) is 0 Å². The number of para-hydroxylation sites is 1. The Balaban J connectivity index is 0.000001000. The molecule has 0 saturated heterocycles. The Morgan fingerprint density at radius 2 is 2.06 bits per heavy atom. The molecular formula is C12H10ClN5. The van der Waals surface area contributed by atoms with Gasteiger partial charge in [0.25, 0.3) is 0 Å². The highest BCUT2D eigenvalue weighted by atomic mass is 35.5. The van der Waals surface area contributed by atoms with Gasteiger partial charge in [-0.3, -0.25) is 4.99 Å². The zero-order chi connectivity index (χ0) is 11.2. The van der Waals surface area contributed by atoms with Crippen molar-refractivity contribution in [2.24, 2.45) is 4.99 Å². The minimum atomic E-state index is 0. The lowest BCUT2D eigenvalue weighted by Gasteiger charge is -2.18. The molecule has 0 atom stereocenters. The number of halogens is 1. The first-order chi connectivity index (χ1) is 8.43. The van der Waals surface area contributed by atoms with E-state index in [0.717, 1.165) is 22.8 Å². The summed E-state index contributed by atoms with van der Waals surface area (Å²) in [5, 5.41) is 4.22. The zero-order valence-electron chi connectivity index (χ0n) is 9.39. The summed E-state index contributed by atoms with van der Waals surface area (Å²) in [5.41, 5.74) is 3.26. The summed E-state index contributed by atoms with van der Waals surface area (Å²) in [6.45, 7) is 0.660. The Hall–Kier alpha value is -2.14. The van der Waals surface area contributed by atoms with Gasteiger partial charge in [-0.2, -0.15) is 5.10 Å². The molecule has 18 heavy (non-hydrogen) atoms. The fourth-order valence-electron chi connectivity index (χ4n) is 2.25. The lowest BCUT2D eigenvalue weighted by atomic mass is 10.1. The summed E-state index contributed by atoms with van der Waals surface area (Å²) in [6.07, 6.45) is 5.40. The fourth-order valence-corrected chi connectivity index (χ4v) is 2.25. The van der Waals surface area contributed by atoms with Crippen LogP contribution >= 0.6 is 12.4 Å². The predicted octanol–water partition coefficient (Wildman–Crippen LogP) is 2.03. The van der Waals surface area contributed by atoms with E-state index in [1.54, 1.807) is 11.0 Å². The van der Waals surface area contributed by atoms with Gasteiger partial charge in [0, 0.05) is 11.8 Å². The van der Waals surface area contributed by atoms with E-state index in [-0.39, 0.29) is 12.4 Å². The van der Waals surface area contributed by atoms with Crippen molar-refractivity contribution in [3.8, 4) is 11.4 Å². The number of rotatable bonds is 0. The number of hydrogen-bond acceptors (Lipinski definition) is 4. The van der Waals surface area contributed by atoms with Gasteiger partial charge in [0.2, 0.25) is 0 Å². The number of allylic oxidation sites excluding steroid dienone is 1. The third-order valence-corrected chi connectivity index (χ3v) is 3.02. The number of anilines is 1. The number of hydrogen-bond donors (Lipinski definition) is 0. The standard InChI is InChI=1S/C12H9N5.ClH/c1-2-4-11-10(3-1)12-14-7-15-17(12)6-9-5-13-8-16(9)11;/h1-7H,8H2;1H. The second-order valence-corrected chi connectivity index (χ2v) is 3.98. The molecule has 2 aliphatic rings. The highest BCUT2D eigenvalue weighted by Gasteiger charge is 2.24. The Labute approximate surface area is 110 Å². The van der Waals surface area contributed by atoms with Gasteiger partial charge in [-0.25, -0.2) is 9.67 Å². The van der Waals surface area contributed by atoms with Gasteiger partial charge in [-0.15, -0.1) is 12.4 Å². The Morgan fingerprint density at radius 1 is 1.17 bits per heavy atom. The van der Waals surface area contributed by atoms with Crippen LogP contribution in [-0.2, 0) is 0 Å². The molecule has 0 spiro atoms. The van der Waals surface area contributed by atoms with Crippen LogP contribution in [0.4, 0.5) is 5.69 Å². The minimum Gasteiger partial charge on any atom is -0.318 e. The van der Waals surface area contributed by atoms with E-state index in [2.05, 4.69) is 32.1 Å². The molecule has 6 heteroatoms. The van der Waals surface area contributed by atoms with E-state index in [0.29, 0.717) is 6.67 Å². The topological polar surface area (TPSA) is 46.3 Å². The number of fused-ring (bicyclic) bond motifs is 5. The van der Waals surface area contributed by atoms with Crippen LogP contribution in [0.3, 0.4) is 0 Å². The van der Waals surface area contributed by atoms with E-state index >= 15 is 0 Å². The third kappa shape index (κ3) is 1.37. The molecule has 0 saturated carbocycles. The molecule has 0 radical (unpaired) electrons.